The number of rotatable bonds is 7. The van der Waals surface area contributed by atoms with Crippen LogP contribution in [0.1, 0.15) is 63.9 Å². The molecule has 0 saturated carbocycles. The number of alkyl halides is 1. The number of nitrogens with zero attached hydrogens (tertiary/aromatic N) is 1. The summed E-state index contributed by atoms with van der Waals surface area (Å²) in [5.74, 6) is -0.667. The van der Waals surface area contributed by atoms with Crippen LogP contribution in [-0.4, -0.2) is 18.7 Å². The summed E-state index contributed by atoms with van der Waals surface area (Å²) >= 11 is 6.23. The van der Waals surface area contributed by atoms with Crippen LogP contribution in [0.25, 0.3) is 0 Å². The van der Waals surface area contributed by atoms with E-state index < -0.39 is 6.30 Å². The minimum atomic E-state index is -0.977. The lowest BCUT2D eigenvalue weighted by molar-refractivity contribution is -0.122. The average Bonchev–Trinajstić information content (AvgIpc) is 2.56. The maximum absolute atomic E-state index is 14.5. The van der Waals surface area contributed by atoms with Gasteiger partial charge in [0.05, 0.1) is 0 Å². The molecule has 0 aliphatic carbocycles. The molecule has 3 unspecified atom stereocenters. The van der Waals surface area contributed by atoms with E-state index in [0.717, 1.165) is 43.4 Å². The number of nitrogens with two attached hydrogens (primary N) is 1. The van der Waals surface area contributed by atoms with Crippen molar-refractivity contribution >= 4 is 35.6 Å². The first-order chi connectivity index (χ1) is 11.5. The van der Waals surface area contributed by atoms with Crippen molar-refractivity contribution in [2.45, 2.75) is 64.6 Å². The number of primary amides is 1. The van der Waals surface area contributed by atoms with E-state index in [1.165, 1.54) is 0 Å². The SMILES string of the molecule is CCCCC(c1cc(Cl)ccc1N1CCCCC1F)C(C)C(N)=O.Cl. The molecule has 0 bridgehead atoms. The van der Waals surface area contributed by atoms with Crippen LogP contribution >= 0.6 is 24.0 Å². The molecule has 0 aromatic heterocycles. The van der Waals surface area contributed by atoms with Gasteiger partial charge in [0.1, 0.15) is 0 Å². The van der Waals surface area contributed by atoms with Gasteiger partial charge in [-0.05, 0) is 55.4 Å². The highest BCUT2D eigenvalue weighted by Crippen LogP contribution is 2.40. The molecule has 6 heteroatoms. The van der Waals surface area contributed by atoms with Crippen LogP contribution in [0.2, 0.25) is 5.02 Å². The molecule has 0 spiro atoms. The van der Waals surface area contributed by atoms with Crippen LogP contribution in [0.5, 0.6) is 0 Å². The first-order valence-corrected chi connectivity index (χ1v) is 9.33. The number of amides is 1. The third-order valence-electron chi connectivity index (χ3n) is 5.05. The molecule has 1 amide bonds. The van der Waals surface area contributed by atoms with Gasteiger partial charge in [0.2, 0.25) is 5.91 Å². The second kappa shape index (κ2) is 10.2. The van der Waals surface area contributed by atoms with Crippen molar-refractivity contribution in [3.8, 4) is 0 Å². The first-order valence-electron chi connectivity index (χ1n) is 8.95. The molecule has 1 aromatic rings. The largest absolute Gasteiger partial charge is 0.369 e. The number of hydrogen-bond donors (Lipinski definition) is 1. The molecule has 25 heavy (non-hydrogen) atoms. The second-order valence-electron chi connectivity index (χ2n) is 6.77. The maximum Gasteiger partial charge on any atom is 0.220 e. The molecule has 142 valence electrons. The topological polar surface area (TPSA) is 46.3 Å². The Morgan fingerprint density at radius 3 is 2.76 bits per heavy atom. The number of carbonyl (C=O) groups excluding carboxylic acids is 1. The van der Waals surface area contributed by atoms with Crippen molar-refractivity contribution in [1.82, 2.24) is 0 Å². The minimum Gasteiger partial charge on any atom is -0.369 e. The van der Waals surface area contributed by atoms with E-state index in [1.807, 2.05) is 24.0 Å². The highest BCUT2D eigenvalue weighted by atomic mass is 35.5. The number of carbonyl (C=O) groups is 1. The third kappa shape index (κ3) is 5.49. The zero-order valence-electron chi connectivity index (χ0n) is 15.0. The second-order valence-corrected chi connectivity index (χ2v) is 7.20. The van der Waals surface area contributed by atoms with Crippen LogP contribution in [0.4, 0.5) is 10.1 Å². The Hall–Kier alpha value is -1.00. The number of anilines is 1. The number of hydrogen-bond acceptors (Lipinski definition) is 2. The Balaban J connectivity index is 0.00000312. The first kappa shape index (κ1) is 22.0. The molecular weight excluding hydrogens is 362 g/mol. The summed E-state index contributed by atoms with van der Waals surface area (Å²) in [6.45, 7) is 4.67. The van der Waals surface area contributed by atoms with Crippen molar-refractivity contribution in [3.63, 3.8) is 0 Å². The number of halogens is 3. The molecule has 1 saturated heterocycles. The number of piperidine rings is 1. The molecule has 0 radical (unpaired) electrons. The molecule has 1 heterocycles. The fourth-order valence-electron chi connectivity index (χ4n) is 3.54. The van der Waals surface area contributed by atoms with E-state index in [1.54, 1.807) is 6.07 Å². The monoisotopic (exact) mass is 390 g/mol. The van der Waals surface area contributed by atoms with Gasteiger partial charge >= 0.3 is 0 Å². The molecule has 1 fully saturated rings. The zero-order chi connectivity index (χ0) is 17.7. The smallest absolute Gasteiger partial charge is 0.220 e. The molecule has 1 aromatic carbocycles. The van der Waals surface area contributed by atoms with Crippen LogP contribution in [0.15, 0.2) is 18.2 Å². The summed E-state index contributed by atoms with van der Waals surface area (Å²) < 4.78 is 14.5. The van der Waals surface area contributed by atoms with E-state index in [0.29, 0.717) is 18.0 Å². The van der Waals surface area contributed by atoms with Crippen molar-refractivity contribution in [2.75, 3.05) is 11.4 Å². The fourth-order valence-corrected chi connectivity index (χ4v) is 3.72. The van der Waals surface area contributed by atoms with Gasteiger partial charge in [-0.3, -0.25) is 4.79 Å². The van der Waals surface area contributed by atoms with Crippen LogP contribution < -0.4 is 10.6 Å². The van der Waals surface area contributed by atoms with Gasteiger partial charge in [-0.1, -0.05) is 38.3 Å². The van der Waals surface area contributed by atoms with Gasteiger partial charge in [-0.2, -0.15) is 0 Å². The highest BCUT2D eigenvalue weighted by molar-refractivity contribution is 6.30. The number of unbranched alkanes of at least 4 members (excludes halogenated alkanes) is 1. The summed E-state index contributed by atoms with van der Waals surface area (Å²) in [5.41, 5.74) is 7.39. The summed E-state index contributed by atoms with van der Waals surface area (Å²) in [7, 11) is 0. The van der Waals surface area contributed by atoms with E-state index >= 15 is 0 Å². The third-order valence-corrected chi connectivity index (χ3v) is 5.28. The lowest BCUT2D eigenvalue weighted by Crippen LogP contribution is -2.38. The van der Waals surface area contributed by atoms with Crippen molar-refractivity contribution in [1.29, 1.82) is 0 Å². The molecule has 2 N–H and O–H groups in total. The van der Waals surface area contributed by atoms with E-state index in [4.69, 9.17) is 17.3 Å². The minimum absolute atomic E-state index is 0. The number of benzene rings is 1. The molecule has 2 rings (SSSR count). The maximum atomic E-state index is 14.5. The van der Waals surface area contributed by atoms with E-state index in [9.17, 15) is 9.18 Å². The normalized spacial score (nSPS) is 19.8. The quantitative estimate of drug-likeness (QED) is 0.629. The van der Waals surface area contributed by atoms with Gasteiger partial charge in [0.15, 0.2) is 6.30 Å². The van der Waals surface area contributed by atoms with Gasteiger partial charge in [-0.25, -0.2) is 4.39 Å². The molecule has 3 nitrogen and oxygen atoms in total. The van der Waals surface area contributed by atoms with Crippen LogP contribution in [0.3, 0.4) is 0 Å². The van der Waals surface area contributed by atoms with Crippen LogP contribution in [-0.2, 0) is 4.79 Å². The predicted octanol–water partition coefficient (Wildman–Crippen LogP) is 5.44. The molecular formula is C19H29Cl2FN2O. The van der Waals surface area contributed by atoms with Gasteiger partial charge in [-0.15, -0.1) is 12.4 Å². The van der Waals surface area contributed by atoms with Gasteiger partial charge < -0.3 is 10.6 Å². The van der Waals surface area contributed by atoms with E-state index in [-0.39, 0.29) is 30.2 Å². The van der Waals surface area contributed by atoms with Crippen molar-refractivity contribution in [3.05, 3.63) is 28.8 Å². The molecule has 1 aliphatic rings. The summed E-state index contributed by atoms with van der Waals surface area (Å²) in [6, 6.07) is 5.58. The van der Waals surface area contributed by atoms with E-state index in [2.05, 4.69) is 6.92 Å². The standard InChI is InChI=1S/C19H28ClFN2O.ClH/c1-3-4-7-15(13(2)19(22)24)16-12-14(20)9-10-17(16)23-11-6-5-8-18(23)21;/h9-10,12-13,15,18H,3-8,11H2,1-2H3,(H2,22,24);1H. The Kier molecular flexibility index (Phi) is 9.01. The molecule has 3 atom stereocenters. The van der Waals surface area contributed by atoms with Gasteiger partial charge in [0, 0.05) is 23.2 Å². The van der Waals surface area contributed by atoms with Crippen molar-refractivity contribution < 1.29 is 9.18 Å². The Morgan fingerprint density at radius 2 is 2.16 bits per heavy atom. The Labute approximate surface area is 161 Å². The Morgan fingerprint density at radius 1 is 1.44 bits per heavy atom. The summed E-state index contributed by atoms with van der Waals surface area (Å²) in [5, 5.41) is 0.610. The Bertz CT molecular complexity index is 570. The molecule has 1 aliphatic heterocycles. The van der Waals surface area contributed by atoms with Crippen LogP contribution in [0, 0.1) is 5.92 Å². The summed E-state index contributed by atoms with van der Waals surface area (Å²) in [6.07, 6.45) is 4.34. The lowest BCUT2D eigenvalue weighted by Gasteiger charge is -2.36. The van der Waals surface area contributed by atoms with Gasteiger partial charge in [0.25, 0.3) is 0 Å². The lowest BCUT2D eigenvalue weighted by atomic mass is 9.81. The summed E-state index contributed by atoms with van der Waals surface area (Å²) in [4.78, 5) is 13.6. The average molecular weight is 391 g/mol. The highest BCUT2D eigenvalue weighted by Gasteiger charge is 2.30. The fraction of sp³-hybridized carbons (Fsp3) is 0.632. The predicted molar refractivity (Wildman–Crippen MR) is 105 cm³/mol. The van der Waals surface area contributed by atoms with Crippen molar-refractivity contribution in [2.24, 2.45) is 11.7 Å². The zero-order valence-corrected chi connectivity index (χ0v) is 16.6.